The van der Waals surface area contributed by atoms with Gasteiger partial charge in [-0.3, -0.25) is 4.79 Å². The number of carbonyl (C=O) groups is 1. The van der Waals surface area contributed by atoms with Crippen LogP contribution in [0.5, 0.6) is 0 Å². The maximum atomic E-state index is 11.5. The van der Waals surface area contributed by atoms with Crippen molar-refractivity contribution in [2.75, 3.05) is 6.61 Å². The Kier molecular flexibility index (Phi) is 3.97. The summed E-state index contributed by atoms with van der Waals surface area (Å²) in [6.07, 6.45) is 5.66. The van der Waals surface area contributed by atoms with Crippen molar-refractivity contribution in [3.05, 3.63) is 0 Å². The maximum Gasteiger partial charge on any atom is 0.240 e. The lowest BCUT2D eigenvalue weighted by molar-refractivity contribution is -0.128. The SMILES string of the molecule is CC1CC(C)CC(OCC(N)(C(N)=O)C2CC2)C1. The molecule has 4 nitrogen and oxygen atoms in total. The molecule has 104 valence electrons. The molecule has 0 radical (unpaired) electrons. The third-order valence-electron chi connectivity index (χ3n) is 4.46. The Balaban J connectivity index is 1.87. The zero-order chi connectivity index (χ0) is 13.3. The second-order valence-corrected chi connectivity index (χ2v) is 6.53. The molecule has 3 atom stereocenters. The second kappa shape index (κ2) is 5.17. The van der Waals surface area contributed by atoms with E-state index in [-0.39, 0.29) is 18.6 Å². The van der Waals surface area contributed by atoms with Crippen molar-refractivity contribution in [2.24, 2.45) is 29.2 Å². The summed E-state index contributed by atoms with van der Waals surface area (Å²) in [4.78, 5) is 11.5. The van der Waals surface area contributed by atoms with Crippen molar-refractivity contribution < 1.29 is 9.53 Å². The van der Waals surface area contributed by atoms with Crippen LogP contribution in [0.4, 0.5) is 0 Å². The molecule has 0 bridgehead atoms. The van der Waals surface area contributed by atoms with E-state index in [1.165, 1.54) is 6.42 Å². The van der Waals surface area contributed by atoms with Crippen LogP contribution in [0.2, 0.25) is 0 Å². The number of primary amides is 1. The Morgan fingerprint density at radius 3 is 2.22 bits per heavy atom. The lowest BCUT2D eigenvalue weighted by atomic mass is 9.81. The van der Waals surface area contributed by atoms with E-state index in [1.807, 2.05) is 0 Å². The van der Waals surface area contributed by atoms with Gasteiger partial charge in [0.2, 0.25) is 5.91 Å². The quantitative estimate of drug-likeness (QED) is 0.779. The molecule has 2 rings (SSSR count). The van der Waals surface area contributed by atoms with E-state index in [2.05, 4.69) is 13.8 Å². The van der Waals surface area contributed by atoms with Gasteiger partial charge in [-0.15, -0.1) is 0 Å². The molecular formula is C14H26N2O2. The molecule has 0 aromatic rings. The lowest BCUT2D eigenvalue weighted by Gasteiger charge is -2.34. The van der Waals surface area contributed by atoms with Crippen LogP contribution in [-0.4, -0.2) is 24.2 Å². The molecule has 0 spiro atoms. The summed E-state index contributed by atoms with van der Waals surface area (Å²) in [6.45, 7) is 4.81. The molecule has 3 unspecified atom stereocenters. The molecule has 2 fully saturated rings. The van der Waals surface area contributed by atoms with Crippen molar-refractivity contribution in [3.63, 3.8) is 0 Å². The minimum absolute atomic E-state index is 0.230. The molecule has 4 N–H and O–H groups in total. The topological polar surface area (TPSA) is 78.3 Å². The summed E-state index contributed by atoms with van der Waals surface area (Å²) in [7, 11) is 0. The molecule has 1 amide bonds. The Hall–Kier alpha value is -0.610. The normalized spacial score (nSPS) is 36.1. The summed E-state index contributed by atoms with van der Waals surface area (Å²) >= 11 is 0. The number of hydrogen-bond acceptors (Lipinski definition) is 3. The van der Waals surface area contributed by atoms with Gasteiger partial charge in [-0.1, -0.05) is 13.8 Å². The van der Waals surface area contributed by atoms with Gasteiger partial charge < -0.3 is 16.2 Å². The van der Waals surface area contributed by atoms with Crippen LogP contribution in [0.15, 0.2) is 0 Å². The number of hydrogen-bond donors (Lipinski definition) is 2. The molecule has 0 saturated heterocycles. The van der Waals surface area contributed by atoms with Crippen LogP contribution in [0.25, 0.3) is 0 Å². The monoisotopic (exact) mass is 254 g/mol. The third kappa shape index (κ3) is 3.04. The standard InChI is InChI=1S/C14H26N2O2/c1-9-5-10(2)7-12(6-9)18-8-14(16,13(15)17)11-3-4-11/h9-12H,3-8,16H2,1-2H3,(H2,15,17). The van der Waals surface area contributed by atoms with Gasteiger partial charge in [0.25, 0.3) is 0 Å². The van der Waals surface area contributed by atoms with E-state index in [1.54, 1.807) is 0 Å². The van der Waals surface area contributed by atoms with Crippen LogP contribution in [0.1, 0.15) is 46.0 Å². The van der Waals surface area contributed by atoms with Crippen molar-refractivity contribution in [2.45, 2.75) is 57.6 Å². The first kappa shape index (κ1) is 13.8. The predicted octanol–water partition coefficient (Wildman–Crippen LogP) is 1.42. The van der Waals surface area contributed by atoms with Gasteiger partial charge in [0.15, 0.2) is 0 Å². The molecule has 0 aliphatic heterocycles. The zero-order valence-electron chi connectivity index (χ0n) is 11.5. The highest BCUT2D eigenvalue weighted by atomic mass is 16.5. The smallest absolute Gasteiger partial charge is 0.240 e. The van der Waals surface area contributed by atoms with E-state index in [0.717, 1.165) is 25.7 Å². The van der Waals surface area contributed by atoms with Crippen LogP contribution in [0, 0.1) is 17.8 Å². The first-order valence-corrected chi connectivity index (χ1v) is 7.12. The Labute approximate surface area is 109 Å². The molecule has 0 aromatic heterocycles. The highest BCUT2D eigenvalue weighted by Crippen LogP contribution is 2.39. The highest BCUT2D eigenvalue weighted by molar-refractivity contribution is 5.85. The Bertz CT molecular complexity index is 307. The summed E-state index contributed by atoms with van der Waals surface area (Å²) < 4.78 is 5.93. The lowest BCUT2D eigenvalue weighted by Crippen LogP contribution is -2.58. The van der Waals surface area contributed by atoms with Crippen LogP contribution in [-0.2, 0) is 9.53 Å². The van der Waals surface area contributed by atoms with Gasteiger partial charge in [-0.25, -0.2) is 0 Å². The first-order valence-electron chi connectivity index (χ1n) is 7.12. The minimum Gasteiger partial charge on any atom is -0.376 e. The molecule has 0 aromatic carbocycles. The molecular weight excluding hydrogens is 228 g/mol. The average molecular weight is 254 g/mol. The molecule has 4 heteroatoms. The Morgan fingerprint density at radius 2 is 1.78 bits per heavy atom. The van der Waals surface area contributed by atoms with Crippen molar-refractivity contribution in [1.82, 2.24) is 0 Å². The summed E-state index contributed by atoms with van der Waals surface area (Å²) in [5.41, 5.74) is 10.6. The number of nitrogens with two attached hydrogens (primary N) is 2. The van der Waals surface area contributed by atoms with Crippen molar-refractivity contribution >= 4 is 5.91 Å². The number of carbonyl (C=O) groups excluding carboxylic acids is 1. The van der Waals surface area contributed by atoms with E-state index in [4.69, 9.17) is 16.2 Å². The van der Waals surface area contributed by atoms with E-state index in [9.17, 15) is 4.79 Å². The van der Waals surface area contributed by atoms with Crippen LogP contribution < -0.4 is 11.5 Å². The van der Waals surface area contributed by atoms with Crippen LogP contribution >= 0.6 is 0 Å². The largest absolute Gasteiger partial charge is 0.376 e. The number of ether oxygens (including phenoxy) is 1. The van der Waals surface area contributed by atoms with E-state index >= 15 is 0 Å². The molecule has 2 aliphatic carbocycles. The number of rotatable bonds is 5. The molecule has 2 saturated carbocycles. The summed E-state index contributed by atoms with van der Waals surface area (Å²) in [6, 6.07) is 0. The minimum atomic E-state index is -0.941. The predicted molar refractivity (Wildman–Crippen MR) is 70.8 cm³/mol. The van der Waals surface area contributed by atoms with E-state index in [0.29, 0.717) is 11.8 Å². The fraction of sp³-hybridized carbons (Fsp3) is 0.929. The van der Waals surface area contributed by atoms with Gasteiger partial charge in [0.1, 0.15) is 5.54 Å². The zero-order valence-corrected chi connectivity index (χ0v) is 11.5. The molecule has 0 heterocycles. The summed E-state index contributed by atoms with van der Waals surface area (Å²) in [5.74, 6) is 1.20. The third-order valence-corrected chi connectivity index (χ3v) is 4.46. The maximum absolute atomic E-state index is 11.5. The average Bonchev–Trinajstić information content (AvgIpc) is 3.08. The Morgan fingerprint density at radius 1 is 1.22 bits per heavy atom. The number of amides is 1. The van der Waals surface area contributed by atoms with Gasteiger partial charge in [-0.05, 0) is 49.9 Å². The molecule has 2 aliphatic rings. The second-order valence-electron chi connectivity index (χ2n) is 6.53. The van der Waals surface area contributed by atoms with Gasteiger partial charge in [0, 0.05) is 0 Å². The fourth-order valence-corrected chi connectivity index (χ4v) is 3.25. The summed E-state index contributed by atoms with van der Waals surface area (Å²) in [5, 5.41) is 0. The van der Waals surface area contributed by atoms with Crippen LogP contribution in [0.3, 0.4) is 0 Å². The highest BCUT2D eigenvalue weighted by Gasteiger charge is 2.47. The van der Waals surface area contributed by atoms with Gasteiger partial charge in [-0.2, -0.15) is 0 Å². The molecule has 18 heavy (non-hydrogen) atoms. The van der Waals surface area contributed by atoms with Crippen molar-refractivity contribution in [1.29, 1.82) is 0 Å². The van der Waals surface area contributed by atoms with Crippen molar-refractivity contribution in [3.8, 4) is 0 Å². The van der Waals surface area contributed by atoms with E-state index < -0.39 is 11.4 Å². The fourth-order valence-electron chi connectivity index (χ4n) is 3.25. The van der Waals surface area contributed by atoms with Gasteiger partial charge in [0.05, 0.1) is 12.7 Å². The van der Waals surface area contributed by atoms with Gasteiger partial charge >= 0.3 is 0 Å². The first-order chi connectivity index (χ1) is 8.41.